The minimum absolute atomic E-state index is 0.158. The molecule has 0 bridgehead atoms. The van der Waals surface area contributed by atoms with E-state index in [9.17, 15) is 4.79 Å². The summed E-state index contributed by atoms with van der Waals surface area (Å²) >= 11 is 0. The van der Waals surface area contributed by atoms with Crippen molar-refractivity contribution < 1.29 is 4.79 Å². The molecule has 0 saturated carbocycles. The summed E-state index contributed by atoms with van der Waals surface area (Å²) in [5.41, 5.74) is 2.20. The Hall–Kier alpha value is -2.47. The summed E-state index contributed by atoms with van der Waals surface area (Å²) in [4.78, 5) is 22.5. The van der Waals surface area contributed by atoms with Gasteiger partial charge in [-0.25, -0.2) is 0 Å². The lowest BCUT2D eigenvalue weighted by Crippen LogP contribution is -2.24. The lowest BCUT2D eigenvalue weighted by atomic mass is 10.2. The molecule has 6 heteroatoms. The molecule has 2 aromatic rings. The van der Waals surface area contributed by atoms with Crippen molar-refractivity contribution in [3.63, 3.8) is 0 Å². The molecule has 2 rings (SSSR count). The van der Waals surface area contributed by atoms with Crippen LogP contribution in [0.4, 0.5) is 5.69 Å². The van der Waals surface area contributed by atoms with Crippen molar-refractivity contribution in [2.24, 2.45) is 0 Å². The van der Waals surface area contributed by atoms with Crippen LogP contribution < -0.4 is 10.6 Å². The minimum atomic E-state index is -0.158. The van der Waals surface area contributed by atoms with Crippen LogP contribution >= 0.6 is 0 Å². The first-order chi connectivity index (χ1) is 10.6. The Labute approximate surface area is 130 Å². The van der Waals surface area contributed by atoms with Crippen LogP contribution in [0, 0.1) is 0 Å². The molecule has 0 aliphatic carbocycles. The Morgan fingerprint density at radius 1 is 1.27 bits per heavy atom. The maximum Gasteiger partial charge on any atom is 0.253 e. The van der Waals surface area contributed by atoms with Gasteiger partial charge in [0.1, 0.15) is 0 Å². The third-order valence-corrected chi connectivity index (χ3v) is 3.04. The van der Waals surface area contributed by atoms with Crippen LogP contribution in [-0.2, 0) is 6.54 Å². The minimum Gasteiger partial charge on any atom is -0.382 e. The van der Waals surface area contributed by atoms with Crippen LogP contribution in [0.1, 0.15) is 16.1 Å². The zero-order valence-electron chi connectivity index (χ0n) is 12.9. The third kappa shape index (κ3) is 5.14. The highest BCUT2D eigenvalue weighted by atomic mass is 16.1. The van der Waals surface area contributed by atoms with Crippen LogP contribution in [0.15, 0.2) is 42.9 Å². The van der Waals surface area contributed by atoms with E-state index in [-0.39, 0.29) is 5.91 Å². The summed E-state index contributed by atoms with van der Waals surface area (Å²) in [6.07, 6.45) is 4.98. The van der Waals surface area contributed by atoms with E-state index in [1.165, 1.54) is 0 Å². The normalized spacial score (nSPS) is 10.5. The largest absolute Gasteiger partial charge is 0.382 e. The van der Waals surface area contributed by atoms with Gasteiger partial charge in [0.15, 0.2) is 0 Å². The first-order valence-corrected chi connectivity index (χ1v) is 7.17. The van der Waals surface area contributed by atoms with Gasteiger partial charge in [-0.05, 0) is 32.3 Å². The van der Waals surface area contributed by atoms with E-state index in [4.69, 9.17) is 0 Å². The number of hydrogen-bond donors (Lipinski definition) is 2. The standard InChI is InChI=1S/C16H21N5O/c1-21(2)8-7-19-15-9-13(10-17-11-15)16(22)20-12-14-5-3-4-6-18-14/h3-6,9-11,19H,7-8,12H2,1-2H3,(H,20,22). The predicted octanol–water partition coefficient (Wildman–Crippen LogP) is 1.38. The smallest absolute Gasteiger partial charge is 0.253 e. The van der Waals surface area contributed by atoms with Gasteiger partial charge in [-0.1, -0.05) is 6.07 Å². The summed E-state index contributed by atoms with van der Waals surface area (Å²) in [6, 6.07) is 7.41. The fourth-order valence-electron chi connectivity index (χ4n) is 1.86. The highest BCUT2D eigenvalue weighted by molar-refractivity contribution is 5.94. The topological polar surface area (TPSA) is 70.2 Å². The molecule has 0 fully saturated rings. The molecule has 0 aromatic carbocycles. The number of nitrogens with zero attached hydrogens (tertiary/aromatic N) is 3. The summed E-state index contributed by atoms with van der Waals surface area (Å²) in [5, 5.41) is 6.09. The van der Waals surface area contributed by atoms with Crippen molar-refractivity contribution in [3.05, 3.63) is 54.1 Å². The fourth-order valence-corrected chi connectivity index (χ4v) is 1.86. The fraction of sp³-hybridized carbons (Fsp3) is 0.312. The number of pyridine rings is 2. The first-order valence-electron chi connectivity index (χ1n) is 7.17. The second-order valence-electron chi connectivity index (χ2n) is 5.20. The van der Waals surface area contributed by atoms with Crippen molar-refractivity contribution in [2.45, 2.75) is 6.54 Å². The number of carbonyl (C=O) groups excluding carboxylic acids is 1. The molecule has 0 radical (unpaired) electrons. The average Bonchev–Trinajstić information content (AvgIpc) is 2.53. The van der Waals surface area contributed by atoms with Crippen LogP contribution in [0.5, 0.6) is 0 Å². The number of hydrogen-bond acceptors (Lipinski definition) is 5. The molecule has 1 amide bonds. The van der Waals surface area contributed by atoms with Gasteiger partial charge in [0.25, 0.3) is 5.91 Å². The number of aromatic nitrogens is 2. The highest BCUT2D eigenvalue weighted by Crippen LogP contribution is 2.08. The zero-order chi connectivity index (χ0) is 15.8. The number of nitrogens with one attached hydrogen (secondary N) is 2. The molecule has 22 heavy (non-hydrogen) atoms. The Balaban J connectivity index is 1.89. The zero-order valence-corrected chi connectivity index (χ0v) is 12.9. The molecular formula is C16H21N5O. The monoisotopic (exact) mass is 299 g/mol. The van der Waals surface area contributed by atoms with Crippen LogP contribution in [0.3, 0.4) is 0 Å². The second kappa shape index (κ2) is 8.09. The van der Waals surface area contributed by atoms with E-state index >= 15 is 0 Å². The SMILES string of the molecule is CN(C)CCNc1cncc(C(=O)NCc2ccccn2)c1. The van der Waals surface area contributed by atoms with Gasteiger partial charge in [-0.15, -0.1) is 0 Å². The van der Waals surface area contributed by atoms with E-state index in [0.29, 0.717) is 12.1 Å². The van der Waals surface area contributed by atoms with E-state index in [0.717, 1.165) is 24.5 Å². The summed E-state index contributed by atoms with van der Waals surface area (Å²) in [6.45, 7) is 2.11. The van der Waals surface area contributed by atoms with E-state index in [2.05, 4.69) is 25.5 Å². The lowest BCUT2D eigenvalue weighted by molar-refractivity contribution is 0.0950. The summed E-state index contributed by atoms with van der Waals surface area (Å²) in [5.74, 6) is -0.158. The second-order valence-corrected chi connectivity index (χ2v) is 5.20. The molecule has 0 atom stereocenters. The van der Waals surface area contributed by atoms with E-state index in [1.54, 1.807) is 24.7 Å². The number of anilines is 1. The predicted molar refractivity (Wildman–Crippen MR) is 86.7 cm³/mol. The van der Waals surface area contributed by atoms with Crippen molar-refractivity contribution >= 4 is 11.6 Å². The number of amides is 1. The Kier molecular flexibility index (Phi) is 5.85. The Bertz CT molecular complexity index is 600. The average molecular weight is 299 g/mol. The molecule has 0 aliphatic rings. The third-order valence-electron chi connectivity index (χ3n) is 3.04. The molecule has 0 spiro atoms. The van der Waals surface area contributed by atoms with Crippen LogP contribution in [0.2, 0.25) is 0 Å². The molecule has 6 nitrogen and oxygen atoms in total. The van der Waals surface area contributed by atoms with Gasteiger partial charge in [0.05, 0.1) is 23.5 Å². The Morgan fingerprint density at radius 2 is 2.14 bits per heavy atom. The summed E-state index contributed by atoms with van der Waals surface area (Å²) < 4.78 is 0. The van der Waals surface area contributed by atoms with Crippen molar-refractivity contribution in [1.82, 2.24) is 20.2 Å². The Morgan fingerprint density at radius 3 is 2.86 bits per heavy atom. The molecule has 2 aromatic heterocycles. The maximum absolute atomic E-state index is 12.1. The number of likely N-dealkylation sites (N-methyl/N-ethyl adjacent to an activating group) is 1. The molecule has 2 N–H and O–H groups in total. The molecule has 116 valence electrons. The van der Waals surface area contributed by atoms with Gasteiger partial charge in [0.2, 0.25) is 0 Å². The van der Waals surface area contributed by atoms with Gasteiger partial charge in [-0.2, -0.15) is 0 Å². The van der Waals surface area contributed by atoms with Gasteiger partial charge < -0.3 is 15.5 Å². The van der Waals surface area contributed by atoms with Crippen molar-refractivity contribution in [1.29, 1.82) is 0 Å². The van der Waals surface area contributed by atoms with Crippen LogP contribution in [0.25, 0.3) is 0 Å². The van der Waals surface area contributed by atoms with Gasteiger partial charge >= 0.3 is 0 Å². The quantitative estimate of drug-likeness (QED) is 0.808. The molecule has 0 unspecified atom stereocenters. The molecule has 0 saturated heterocycles. The van der Waals surface area contributed by atoms with Crippen LogP contribution in [-0.4, -0.2) is 48.0 Å². The number of rotatable bonds is 7. The summed E-state index contributed by atoms with van der Waals surface area (Å²) in [7, 11) is 4.03. The highest BCUT2D eigenvalue weighted by Gasteiger charge is 2.07. The van der Waals surface area contributed by atoms with Crippen molar-refractivity contribution in [2.75, 3.05) is 32.5 Å². The molecular weight excluding hydrogens is 278 g/mol. The molecule has 2 heterocycles. The first kappa shape index (κ1) is 15.9. The van der Waals surface area contributed by atoms with E-state index < -0.39 is 0 Å². The van der Waals surface area contributed by atoms with Gasteiger partial charge in [0, 0.05) is 31.7 Å². The maximum atomic E-state index is 12.1. The van der Waals surface area contributed by atoms with E-state index in [1.807, 2.05) is 32.3 Å². The van der Waals surface area contributed by atoms with Crippen molar-refractivity contribution in [3.8, 4) is 0 Å². The lowest BCUT2D eigenvalue weighted by Gasteiger charge is -2.11. The van der Waals surface area contributed by atoms with Gasteiger partial charge in [-0.3, -0.25) is 14.8 Å². The number of carbonyl (C=O) groups is 1. The molecule has 0 aliphatic heterocycles.